The fourth-order valence-electron chi connectivity index (χ4n) is 3.75. The molecule has 1 aromatic carbocycles. The van der Waals surface area contributed by atoms with Crippen molar-refractivity contribution >= 4 is 50.7 Å². The van der Waals surface area contributed by atoms with Gasteiger partial charge in [0.25, 0.3) is 5.91 Å². The van der Waals surface area contributed by atoms with Gasteiger partial charge in [0.05, 0.1) is 11.3 Å². The summed E-state index contributed by atoms with van der Waals surface area (Å²) in [6.45, 7) is 2.13. The number of carbonyl (C=O) groups is 3. The van der Waals surface area contributed by atoms with E-state index < -0.39 is 22.0 Å². The Balaban J connectivity index is 1.44. The highest BCUT2D eigenvalue weighted by Crippen LogP contribution is 2.34. The molecule has 4 rings (SSSR count). The predicted octanol–water partition coefficient (Wildman–Crippen LogP) is 2.09. The van der Waals surface area contributed by atoms with Crippen LogP contribution in [-0.2, 0) is 38.5 Å². The van der Waals surface area contributed by atoms with Crippen molar-refractivity contribution in [2.75, 3.05) is 0 Å². The standard InChI is InChI=1S/C20H20ClN3O5S2/c1-11-2-3-12(15(21)6-11)10-31(28,29)22-7-17-13-8-24(20(27)14(13)9-30-17)16-4-5-18(25)23-19(16)26/h2-3,6,9,16,22H,4-5,7-8,10H2,1H3,(H,23,25,26). The number of piperidine rings is 1. The number of sulfonamides is 1. The molecule has 0 radical (unpaired) electrons. The first-order chi connectivity index (χ1) is 14.6. The number of nitrogens with zero attached hydrogens (tertiary/aromatic N) is 1. The molecule has 11 heteroatoms. The van der Waals surface area contributed by atoms with E-state index in [1.54, 1.807) is 23.6 Å². The molecule has 8 nitrogen and oxygen atoms in total. The third kappa shape index (κ3) is 4.52. The van der Waals surface area contributed by atoms with Crippen LogP contribution in [-0.4, -0.2) is 37.1 Å². The summed E-state index contributed by atoms with van der Waals surface area (Å²) in [5, 5.41) is 4.35. The zero-order chi connectivity index (χ0) is 22.3. The summed E-state index contributed by atoms with van der Waals surface area (Å²) >= 11 is 7.45. The van der Waals surface area contributed by atoms with Gasteiger partial charge in [0.2, 0.25) is 21.8 Å². The van der Waals surface area contributed by atoms with Crippen LogP contribution >= 0.6 is 22.9 Å². The lowest BCUT2D eigenvalue weighted by molar-refractivity contribution is -0.136. The molecule has 3 amide bonds. The summed E-state index contributed by atoms with van der Waals surface area (Å²) in [6.07, 6.45) is 0.463. The first-order valence-corrected chi connectivity index (χ1v) is 12.5. The smallest absolute Gasteiger partial charge is 0.256 e. The largest absolute Gasteiger partial charge is 0.322 e. The quantitative estimate of drug-likeness (QED) is 0.613. The number of hydrogen-bond acceptors (Lipinski definition) is 6. The molecule has 2 aromatic rings. The van der Waals surface area contributed by atoms with Crippen molar-refractivity contribution in [2.24, 2.45) is 0 Å². The Hall–Kier alpha value is -2.27. The van der Waals surface area contributed by atoms with Gasteiger partial charge in [-0.15, -0.1) is 11.3 Å². The van der Waals surface area contributed by atoms with Crippen LogP contribution in [0.1, 0.15) is 44.8 Å². The zero-order valence-electron chi connectivity index (χ0n) is 16.6. The lowest BCUT2D eigenvalue weighted by atomic mass is 10.0. The monoisotopic (exact) mass is 481 g/mol. The minimum absolute atomic E-state index is 0.0439. The number of nitrogens with one attached hydrogen (secondary N) is 2. The molecule has 0 spiro atoms. The molecule has 0 bridgehead atoms. The maximum absolute atomic E-state index is 12.8. The van der Waals surface area contributed by atoms with E-state index in [4.69, 9.17) is 11.6 Å². The molecule has 31 heavy (non-hydrogen) atoms. The van der Waals surface area contributed by atoms with Crippen LogP contribution in [0.5, 0.6) is 0 Å². The van der Waals surface area contributed by atoms with Gasteiger partial charge in [0, 0.05) is 34.8 Å². The second kappa shape index (κ2) is 8.34. The summed E-state index contributed by atoms with van der Waals surface area (Å²) in [6, 6.07) is 4.51. The maximum atomic E-state index is 12.8. The normalized spacial score (nSPS) is 19.0. The number of fused-ring (bicyclic) bond motifs is 1. The Bertz CT molecular complexity index is 1190. The van der Waals surface area contributed by atoms with Crippen LogP contribution in [0.4, 0.5) is 0 Å². The Morgan fingerprint density at radius 1 is 1.29 bits per heavy atom. The van der Waals surface area contributed by atoms with E-state index in [1.807, 2.05) is 6.92 Å². The molecule has 1 saturated heterocycles. The molecule has 164 valence electrons. The highest BCUT2D eigenvalue weighted by Gasteiger charge is 2.40. The summed E-state index contributed by atoms with van der Waals surface area (Å²) in [4.78, 5) is 38.5. The van der Waals surface area contributed by atoms with Crippen LogP contribution in [0, 0.1) is 6.92 Å². The number of aryl methyl sites for hydroxylation is 1. The molecule has 2 N–H and O–H groups in total. The highest BCUT2D eigenvalue weighted by atomic mass is 35.5. The van der Waals surface area contributed by atoms with E-state index in [0.717, 1.165) is 16.0 Å². The Labute approximate surface area is 188 Å². The van der Waals surface area contributed by atoms with Gasteiger partial charge in [0.15, 0.2) is 0 Å². The van der Waals surface area contributed by atoms with Crippen molar-refractivity contribution in [2.45, 2.75) is 44.6 Å². The fourth-order valence-corrected chi connectivity index (χ4v) is 6.33. The SMILES string of the molecule is Cc1ccc(CS(=O)(=O)NCc2scc3c2CN(C2CCC(=O)NC2=O)C3=O)c(Cl)c1. The van der Waals surface area contributed by atoms with E-state index >= 15 is 0 Å². The summed E-state index contributed by atoms with van der Waals surface area (Å²) in [7, 11) is -3.65. The topological polar surface area (TPSA) is 113 Å². The highest BCUT2D eigenvalue weighted by molar-refractivity contribution is 7.88. The van der Waals surface area contributed by atoms with Crippen molar-refractivity contribution in [1.82, 2.24) is 14.9 Å². The Morgan fingerprint density at radius 3 is 2.77 bits per heavy atom. The van der Waals surface area contributed by atoms with Crippen molar-refractivity contribution in [3.63, 3.8) is 0 Å². The number of benzene rings is 1. The third-order valence-electron chi connectivity index (χ3n) is 5.39. The van der Waals surface area contributed by atoms with Gasteiger partial charge in [0.1, 0.15) is 6.04 Å². The van der Waals surface area contributed by atoms with E-state index in [1.165, 1.54) is 16.2 Å². The number of thiophene rings is 1. The number of imide groups is 1. The van der Waals surface area contributed by atoms with Crippen molar-refractivity contribution in [3.8, 4) is 0 Å². The average molecular weight is 482 g/mol. The van der Waals surface area contributed by atoms with Crippen molar-refractivity contribution in [1.29, 1.82) is 0 Å². The predicted molar refractivity (Wildman–Crippen MR) is 116 cm³/mol. The van der Waals surface area contributed by atoms with Gasteiger partial charge in [-0.2, -0.15) is 0 Å². The molecule has 0 aliphatic carbocycles. The van der Waals surface area contributed by atoms with Crippen molar-refractivity contribution in [3.05, 3.63) is 55.7 Å². The molecular weight excluding hydrogens is 462 g/mol. The number of amides is 3. The van der Waals surface area contributed by atoms with Gasteiger partial charge < -0.3 is 4.90 Å². The van der Waals surface area contributed by atoms with E-state index in [0.29, 0.717) is 16.1 Å². The summed E-state index contributed by atoms with van der Waals surface area (Å²) in [5.41, 5.74) is 2.65. The van der Waals surface area contributed by atoms with Crippen LogP contribution in [0.15, 0.2) is 23.6 Å². The molecule has 2 aliphatic heterocycles. The molecule has 2 aliphatic rings. The second-order valence-electron chi connectivity index (χ2n) is 7.63. The molecule has 1 atom stereocenters. The molecule has 1 unspecified atom stereocenters. The second-order valence-corrected chi connectivity index (χ2v) is 10.8. The zero-order valence-corrected chi connectivity index (χ0v) is 19.0. The van der Waals surface area contributed by atoms with Crippen molar-refractivity contribution < 1.29 is 22.8 Å². The van der Waals surface area contributed by atoms with Crippen LogP contribution in [0.3, 0.4) is 0 Å². The molecule has 0 saturated carbocycles. The lowest BCUT2D eigenvalue weighted by Crippen LogP contribution is -2.52. The number of rotatable bonds is 6. The van der Waals surface area contributed by atoms with E-state index in [9.17, 15) is 22.8 Å². The average Bonchev–Trinajstić information content (AvgIpc) is 3.23. The fraction of sp³-hybridized carbons (Fsp3) is 0.350. The third-order valence-corrected chi connectivity index (χ3v) is 8.05. The first-order valence-electron chi connectivity index (χ1n) is 9.61. The minimum atomic E-state index is -3.65. The minimum Gasteiger partial charge on any atom is -0.322 e. The van der Waals surface area contributed by atoms with Crippen LogP contribution in [0.25, 0.3) is 0 Å². The Kier molecular flexibility index (Phi) is 5.91. The molecule has 3 heterocycles. The lowest BCUT2D eigenvalue weighted by Gasteiger charge is -2.29. The van der Waals surface area contributed by atoms with Gasteiger partial charge >= 0.3 is 0 Å². The Morgan fingerprint density at radius 2 is 2.06 bits per heavy atom. The van der Waals surface area contributed by atoms with Crippen LogP contribution < -0.4 is 10.0 Å². The maximum Gasteiger partial charge on any atom is 0.256 e. The van der Waals surface area contributed by atoms with Gasteiger partial charge in [-0.05, 0) is 36.1 Å². The van der Waals surface area contributed by atoms with Crippen LogP contribution in [0.2, 0.25) is 5.02 Å². The van der Waals surface area contributed by atoms with Gasteiger partial charge in [-0.3, -0.25) is 19.7 Å². The summed E-state index contributed by atoms with van der Waals surface area (Å²) in [5.74, 6) is -1.34. The molecule has 1 fully saturated rings. The van der Waals surface area contributed by atoms with E-state index in [-0.39, 0.29) is 43.5 Å². The molecular formula is C20H20ClN3O5S2. The van der Waals surface area contributed by atoms with Gasteiger partial charge in [-0.25, -0.2) is 13.1 Å². The number of carbonyl (C=O) groups excluding carboxylic acids is 3. The number of hydrogen-bond donors (Lipinski definition) is 2. The molecule has 1 aromatic heterocycles. The first kappa shape index (κ1) is 21.9. The number of halogens is 1. The van der Waals surface area contributed by atoms with E-state index in [2.05, 4.69) is 10.0 Å². The summed E-state index contributed by atoms with van der Waals surface area (Å²) < 4.78 is 27.7. The van der Waals surface area contributed by atoms with Gasteiger partial charge in [-0.1, -0.05) is 23.7 Å².